The van der Waals surface area contributed by atoms with E-state index in [4.69, 9.17) is 0 Å². The topological polar surface area (TPSA) is 92.3 Å². The molecule has 3 heterocycles. The number of hydrogen-bond donors (Lipinski definition) is 1. The summed E-state index contributed by atoms with van der Waals surface area (Å²) in [5, 5.41) is 3.21. The van der Waals surface area contributed by atoms with E-state index in [1.165, 1.54) is 0 Å². The summed E-state index contributed by atoms with van der Waals surface area (Å²) in [6.45, 7) is 0.218. The van der Waals surface area contributed by atoms with Crippen molar-refractivity contribution in [1.29, 1.82) is 0 Å². The Hall–Kier alpha value is -4.30. The van der Waals surface area contributed by atoms with E-state index in [0.29, 0.717) is 21.7 Å². The largest absolute Gasteiger partial charge is 0.350 e. The number of carbonyl (C=O) groups excluding carboxylic acids is 3. The third kappa shape index (κ3) is 4.83. The Bertz CT molecular complexity index is 1460. The predicted octanol–water partition coefficient (Wildman–Crippen LogP) is 4.76. The lowest BCUT2D eigenvalue weighted by Crippen LogP contribution is -2.37. The van der Waals surface area contributed by atoms with E-state index in [9.17, 15) is 14.4 Å². The minimum Gasteiger partial charge on any atom is -0.350 e. The first-order valence-electron chi connectivity index (χ1n) is 11.0. The molecule has 1 saturated heterocycles. The van der Waals surface area contributed by atoms with Crippen molar-refractivity contribution in [2.45, 2.75) is 0 Å². The van der Waals surface area contributed by atoms with Crippen molar-refractivity contribution in [3.05, 3.63) is 101 Å². The van der Waals surface area contributed by atoms with Crippen LogP contribution < -0.4 is 5.32 Å². The van der Waals surface area contributed by atoms with Gasteiger partial charge in [-0.05, 0) is 47.7 Å². The highest BCUT2D eigenvalue weighted by molar-refractivity contribution is 8.18. The monoisotopic (exact) mass is 480 g/mol. The van der Waals surface area contributed by atoms with Crippen molar-refractivity contribution >= 4 is 45.8 Å². The molecule has 35 heavy (non-hydrogen) atoms. The van der Waals surface area contributed by atoms with Crippen LogP contribution in [0.3, 0.4) is 0 Å². The van der Waals surface area contributed by atoms with Gasteiger partial charge in [0.1, 0.15) is 0 Å². The number of nitrogens with one attached hydrogen (secondary N) is 1. The van der Waals surface area contributed by atoms with Crippen molar-refractivity contribution in [3.8, 4) is 11.3 Å². The zero-order valence-corrected chi connectivity index (χ0v) is 19.4. The average Bonchev–Trinajstić information content (AvgIpc) is 3.16. The summed E-state index contributed by atoms with van der Waals surface area (Å²) in [6, 6.07) is 22.2. The van der Waals surface area contributed by atoms with Crippen molar-refractivity contribution in [1.82, 2.24) is 20.2 Å². The van der Waals surface area contributed by atoms with Gasteiger partial charge in [0.15, 0.2) is 0 Å². The number of aromatic nitrogens is 2. The van der Waals surface area contributed by atoms with E-state index in [-0.39, 0.29) is 30.1 Å². The van der Waals surface area contributed by atoms with Crippen LogP contribution in [0.2, 0.25) is 0 Å². The maximum atomic E-state index is 13.1. The molecule has 0 radical (unpaired) electrons. The fourth-order valence-electron chi connectivity index (χ4n) is 3.80. The molecule has 2 aromatic heterocycles. The van der Waals surface area contributed by atoms with Crippen LogP contribution in [-0.4, -0.2) is 45.0 Å². The summed E-state index contributed by atoms with van der Waals surface area (Å²) in [6.07, 6.45) is 5.08. The Morgan fingerprint density at radius 2 is 1.80 bits per heavy atom. The lowest BCUT2D eigenvalue weighted by Gasteiger charge is -2.14. The third-order valence-electron chi connectivity index (χ3n) is 5.51. The second kappa shape index (κ2) is 9.90. The van der Waals surface area contributed by atoms with Gasteiger partial charge in [0.2, 0.25) is 0 Å². The molecule has 0 atom stereocenters. The number of pyridine rings is 2. The number of nitrogens with zero attached hydrogens (tertiary/aromatic N) is 3. The summed E-state index contributed by atoms with van der Waals surface area (Å²) in [4.78, 5) is 48.6. The zero-order valence-electron chi connectivity index (χ0n) is 18.5. The van der Waals surface area contributed by atoms with Gasteiger partial charge < -0.3 is 5.32 Å². The number of benzene rings is 2. The number of para-hydroxylation sites is 1. The molecule has 3 amide bonds. The lowest BCUT2D eigenvalue weighted by atomic mass is 10.0. The lowest BCUT2D eigenvalue weighted by molar-refractivity contribution is -0.122. The molecule has 0 spiro atoms. The Labute approximate surface area is 205 Å². The molecule has 0 aliphatic carbocycles. The Morgan fingerprint density at radius 1 is 1.00 bits per heavy atom. The third-order valence-corrected chi connectivity index (χ3v) is 6.42. The molecule has 8 heteroatoms. The van der Waals surface area contributed by atoms with E-state index < -0.39 is 0 Å². The van der Waals surface area contributed by atoms with Gasteiger partial charge in [-0.3, -0.25) is 24.3 Å². The molecule has 0 unspecified atom stereocenters. The summed E-state index contributed by atoms with van der Waals surface area (Å²) in [5.74, 6) is -0.660. The highest BCUT2D eigenvalue weighted by Gasteiger charge is 2.34. The van der Waals surface area contributed by atoms with E-state index in [2.05, 4.69) is 15.3 Å². The van der Waals surface area contributed by atoms with E-state index >= 15 is 0 Å². The van der Waals surface area contributed by atoms with Crippen LogP contribution in [-0.2, 0) is 4.79 Å². The maximum Gasteiger partial charge on any atom is 0.293 e. The van der Waals surface area contributed by atoms with Crippen LogP contribution in [0.5, 0.6) is 0 Å². The van der Waals surface area contributed by atoms with Crippen molar-refractivity contribution in [2.24, 2.45) is 0 Å². The Kier molecular flexibility index (Phi) is 6.36. The maximum absolute atomic E-state index is 13.1. The summed E-state index contributed by atoms with van der Waals surface area (Å²) >= 11 is 0.905. The Balaban J connectivity index is 1.31. The molecule has 5 rings (SSSR count). The van der Waals surface area contributed by atoms with Gasteiger partial charge in [0.25, 0.3) is 17.1 Å². The highest BCUT2D eigenvalue weighted by atomic mass is 32.2. The van der Waals surface area contributed by atoms with Crippen molar-refractivity contribution < 1.29 is 14.4 Å². The predicted molar refractivity (Wildman–Crippen MR) is 136 cm³/mol. The molecule has 0 saturated carbocycles. The molecule has 1 aliphatic rings. The SMILES string of the molecule is O=C(NCCN1C(=O)S/C(=C\c2ccccc2)C1=O)c1cc(-c2cccnc2)nc2ccccc12. The van der Waals surface area contributed by atoms with Gasteiger partial charge in [-0.2, -0.15) is 0 Å². The number of hydrogen-bond acceptors (Lipinski definition) is 6. The molecule has 0 bridgehead atoms. The molecule has 172 valence electrons. The van der Waals surface area contributed by atoms with Gasteiger partial charge in [-0.25, -0.2) is 4.98 Å². The molecular formula is C27H20N4O3S. The minimum absolute atomic E-state index is 0.0843. The fourth-order valence-corrected chi connectivity index (χ4v) is 4.66. The first-order valence-corrected chi connectivity index (χ1v) is 11.8. The summed E-state index contributed by atoms with van der Waals surface area (Å²) < 4.78 is 0. The van der Waals surface area contributed by atoms with Gasteiger partial charge in [-0.1, -0.05) is 48.5 Å². The Morgan fingerprint density at radius 3 is 2.60 bits per heavy atom. The molecule has 1 fully saturated rings. The molecular weight excluding hydrogens is 460 g/mol. The van der Waals surface area contributed by atoms with Gasteiger partial charge in [0.05, 0.1) is 21.7 Å². The second-order valence-corrected chi connectivity index (χ2v) is 8.81. The van der Waals surface area contributed by atoms with Crippen LogP contribution in [0.4, 0.5) is 4.79 Å². The smallest absolute Gasteiger partial charge is 0.293 e. The van der Waals surface area contributed by atoms with E-state index in [1.807, 2.05) is 66.7 Å². The molecule has 2 aromatic carbocycles. The number of amides is 3. The first kappa shape index (κ1) is 22.5. The average molecular weight is 481 g/mol. The molecule has 7 nitrogen and oxygen atoms in total. The molecule has 1 N–H and O–H groups in total. The number of carbonyl (C=O) groups is 3. The first-order chi connectivity index (χ1) is 17.1. The fraction of sp³-hybridized carbons (Fsp3) is 0.0741. The van der Waals surface area contributed by atoms with Gasteiger partial charge >= 0.3 is 0 Å². The highest BCUT2D eigenvalue weighted by Crippen LogP contribution is 2.32. The second-order valence-electron chi connectivity index (χ2n) is 7.81. The van der Waals surface area contributed by atoms with Gasteiger partial charge in [0, 0.05) is 36.4 Å². The number of fused-ring (bicyclic) bond motifs is 1. The number of imide groups is 1. The van der Waals surface area contributed by atoms with Crippen molar-refractivity contribution in [2.75, 3.05) is 13.1 Å². The number of rotatable bonds is 6. The van der Waals surface area contributed by atoms with Crippen LogP contribution in [0, 0.1) is 0 Å². The number of thioether (sulfide) groups is 1. The van der Waals surface area contributed by atoms with Crippen LogP contribution >= 0.6 is 11.8 Å². The van der Waals surface area contributed by atoms with E-state index in [1.54, 1.807) is 24.5 Å². The molecule has 4 aromatic rings. The van der Waals surface area contributed by atoms with Crippen LogP contribution in [0.25, 0.3) is 28.2 Å². The summed E-state index contributed by atoms with van der Waals surface area (Å²) in [7, 11) is 0. The van der Waals surface area contributed by atoms with Crippen molar-refractivity contribution in [3.63, 3.8) is 0 Å². The molecule has 1 aliphatic heterocycles. The normalized spacial score (nSPS) is 14.6. The zero-order chi connectivity index (χ0) is 24.2. The van der Waals surface area contributed by atoms with Crippen LogP contribution in [0.15, 0.2) is 90.1 Å². The summed E-state index contributed by atoms with van der Waals surface area (Å²) in [5.41, 5.74) is 3.44. The van der Waals surface area contributed by atoms with Crippen LogP contribution in [0.1, 0.15) is 15.9 Å². The minimum atomic E-state index is -0.355. The standard InChI is InChI=1S/C27H20N4O3S/c32-25(21-16-23(19-9-6-12-28-17-19)30-22-11-5-4-10-20(21)22)29-13-14-31-26(33)24(35-27(31)34)15-18-7-2-1-3-8-18/h1-12,15-17H,13-14H2,(H,29,32)/b24-15-. The van der Waals surface area contributed by atoms with E-state index in [0.717, 1.165) is 33.2 Å². The quantitative estimate of drug-likeness (QED) is 0.400. The van der Waals surface area contributed by atoms with Gasteiger partial charge in [-0.15, -0.1) is 0 Å².